The molecule has 142 valence electrons. The van der Waals surface area contributed by atoms with Crippen LogP contribution in [0.2, 0.25) is 0 Å². The number of nitrogens with one attached hydrogen (secondary N) is 1. The molecular formula is C19H13F3N4O2. The molecule has 0 saturated carbocycles. The third kappa shape index (κ3) is 4.54. The van der Waals surface area contributed by atoms with Gasteiger partial charge < -0.3 is 5.32 Å². The number of aromatic nitrogens is 3. The van der Waals surface area contributed by atoms with E-state index < -0.39 is 23.2 Å². The van der Waals surface area contributed by atoms with Crippen LogP contribution < -0.4 is 10.9 Å². The van der Waals surface area contributed by atoms with Gasteiger partial charge >= 0.3 is 6.18 Å². The highest BCUT2D eigenvalue weighted by molar-refractivity contribution is 5.78. The normalized spacial score (nSPS) is 11.0. The van der Waals surface area contributed by atoms with Gasteiger partial charge in [0.1, 0.15) is 12.1 Å². The Balaban J connectivity index is 1.61. The SMILES string of the molecule is O=C(Cn1nnc2ccccc2c1=O)NCC#Cc1cccc(C(F)(F)F)c1. The van der Waals surface area contributed by atoms with Gasteiger partial charge in [0.15, 0.2) is 0 Å². The maximum absolute atomic E-state index is 12.7. The van der Waals surface area contributed by atoms with E-state index in [1.165, 1.54) is 12.1 Å². The molecule has 0 fully saturated rings. The largest absolute Gasteiger partial charge is 0.416 e. The summed E-state index contributed by atoms with van der Waals surface area (Å²) in [5.41, 5.74) is -0.634. The zero-order valence-electron chi connectivity index (χ0n) is 14.3. The third-order valence-electron chi connectivity index (χ3n) is 3.72. The lowest BCUT2D eigenvalue weighted by molar-refractivity contribution is -0.137. The number of rotatable bonds is 3. The molecule has 28 heavy (non-hydrogen) atoms. The maximum atomic E-state index is 12.7. The van der Waals surface area contributed by atoms with Gasteiger partial charge in [0, 0.05) is 5.56 Å². The molecule has 0 bridgehead atoms. The third-order valence-corrected chi connectivity index (χ3v) is 3.72. The summed E-state index contributed by atoms with van der Waals surface area (Å²) in [5, 5.41) is 10.4. The van der Waals surface area contributed by atoms with Crippen molar-refractivity contribution in [1.29, 1.82) is 0 Å². The molecule has 1 N–H and O–H groups in total. The van der Waals surface area contributed by atoms with E-state index in [-0.39, 0.29) is 18.7 Å². The molecule has 9 heteroatoms. The number of hydrogen-bond donors (Lipinski definition) is 1. The van der Waals surface area contributed by atoms with Gasteiger partial charge in [0.2, 0.25) is 5.91 Å². The van der Waals surface area contributed by atoms with E-state index in [4.69, 9.17) is 0 Å². The van der Waals surface area contributed by atoms with Crippen LogP contribution >= 0.6 is 0 Å². The molecule has 0 spiro atoms. The lowest BCUT2D eigenvalue weighted by Crippen LogP contribution is -2.34. The lowest BCUT2D eigenvalue weighted by Gasteiger charge is -2.06. The number of carbonyl (C=O) groups is 1. The van der Waals surface area contributed by atoms with Crippen molar-refractivity contribution in [3.8, 4) is 11.8 Å². The number of benzene rings is 2. The highest BCUT2D eigenvalue weighted by Gasteiger charge is 2.30. The van der Waals surface area contributed by atoms with Crippen molar-refractivity contribution < 1.29 is 18.0 Å². The van der Waals surface area contributed by atoms with Crippen LogP contribution in [-0.2, 0) is 17.5 Å². The van der Waals surface area contributed by atoms with Gasteiger partial charge in [-0.05, 0) is 30.3 Å². The Bertz CT molecular complexity index is 1140. The van der Waals surface area contributed by atoms with Crippen LogP contribution in [0.3, 0.4) is 0 Å². The first-order valence-corrected chi connectivity index (χ1v) is 8.10. The fourth-order valence-corrected chi connectivity index (χ4v) is 2.38. The Hall–Kier alpha value is -3.67. The number of halogens is 3. The second-order valence-electron chi connectivity index (χ2n) is 5.73. The average molecular weight is 386 g/mol. The Labute approximate surface area is 157 Å². The summed E-state index contributed by atoms with van der Waals surface area (Å²) in [6.45, 7) is -0.438. The lowest BCUT2D eigenvalue weighted by atomic mass is 10.1. The fourth-order valence-electron chi connectivity index (χ4n) is 2.38. The first kappa shape index (κ1) is 19.1. The average Bonchev–Trinajstić information content (AvgIpc) is 2.67. The second kappa shape index (κ2) is 7.92. The standard InChI is InChI=1S/C19H13F3N4O2/c20-19(21,22)14-7-3-5-13(11-14)6-4-10-23-17(27)12-26-18(28)15-8-1-2-9-16(15)24-25-26/h1-3,5,7-9,11H,10,12H2,(H,23,27). The number of alkyl halides is 3. The van der Waals surface area contributed by atoms with E-state index in [2.05, 4.69) is 27.5 Å². The molecule has 0 radical (unpaired) electrons. The van der Waals surface area contributed by atoms with Gasteiger partial charge in [-0.2, -0.15) is 13.2 Å². The molecule has 0 saturated heterocycles. The van der Waals surface area contributed by atoms with Crippen molar-refractivity contribution in [3.05, 3.63) is 70.0 Å². The van der Waals surface area contributed by atoms with Gasteiger partial charge in [-0.25, -0.2) is 4.68 Å². The second-order valence-corrected chi connectivity index (χ2v) is 5.73. The van der Waals surface area contributed by atoms with Gasteiger partial charge in [-0.3, -0.25) is 9.59 Å². The van der Waals surface area contributed by atoms with Crippen LogP contribution in [0.15, 0.2) is 53.3 Å². The summed E-state index contributed by atoms with van der Waals surface area (Å²) in [6.07, 6.45) is -4.44. The summed E-state index contributed by atoms with van der Waals surface area (Å²) in [5.74, 6) is 4.60. The number of amides is 1. The summed E-state index contributed by atoms with van der Waals surface area (Å²) in [4.78, 5) is 24.2. The number of nitrogens with zero attached hydrogens (tertiary/aromatic N) is 3. The van der Waals surface area contributed by atoms with Crippen molar-refractivity contribution >= 4 is 16.8 Å². The molecule has 1 aromatic heterocycles. The van der Waals surface area contributed by atoms with Crippen LogP contribution in [0.25, 0.3) is 10.9 Å². The smallest absolute Gasteiger partial charge is 0.344 e. The molecular weight excluding hydrogens is 373 g/mol. The first-order chi connectivity index (χ1) is 13.3. The van der Waals surface area contributed by atoms with E-state index in [0.29, 0.717) is 10.9 Å². The van der Waals surface area contributed by atoms with E-state index in [0.717, 1.165) is 16.8 Å². The summed E-state index contributed by atoms with van der Waals surface area (Å²) >= 11 is 0. The summed E-state index contributed by atoms with van der Waals surface area (Å²) in [7, 11) is 0. The quantitative estimate of drug-likeness (QED) is 0.699. The molecule has 1 heterocycles. The van der Waals surface area contributed by atoms with Gasteiger partial charge in [0.05, 0.1) is 17.5 Å². The molecule has 0 aliphatic rings. The molecule has 3 aromatic rings. The highest BCUT2D eigenvalue weighted by atomic mass is 19.4. The van der Waals surface area contributed by atoms with Crippen LogP contribution in [-0.4, -0.2) is 27.4 Å². The van der Waals surface area contributed by atoms with E-state index in [1.807, 2.05) is 0 Å². The van der Waals surface area contributed by atoms with Gasteiger partial charge in [0.25, 0.3) is 5.56 Å². The van der Waals surface area contributed by atoms with E-state index in [1.54, 1.807) is 24.3 Å². The number of carbonyl (C=O) groups excluding carboxylic acids is 1. The van der Waals surface area contributed by atoms with Crippen molar-refractivity contribution in [3.63, 3.8) is 0 Å². The van der Waals surface area contributed by atoms with Crippen molar-refractivity contribution in [2.45, 2.75) is 12.7 Å². The number of hydrogen-bond acceptors (Lipinski definition) is 4. The van der Waals surface area contributed by atoms with Crippen molar-refractivity contribution in [1.82, 2.24) is 20.3 Å². The summed E-state index contributed by atoms with van der Waals surface area (Å²) in [6, 6.07) is 11.2. The molecule has 0 aliphatic carbocycles. The molecule has 2 aromatic carbocycles. The van der Waals surface area contributed by atoms with Gasteiger partial charge in [-0.1, -0.05) is 35.3 Å². The number of fused-ring (bicyclic) bond motifs is 1. The molecule has 3 rings (SSSR count). The zero-order chi connectivity index (χ0) is 20.1. The van der Waals surface area contributed by atoms with E-state index in [9.17, 15) is 22.8 Å². The Morgan fingerprint density at radius 1 is 1.14 bits per heavy atom. The van der Waals surface area contributed by atoms with Crippen LogP contribution in [0.4, 0.5) is 13.2 Å². The molecule has 0 aliphatic heterocycles. The predicted molar refractivity (Wildman–Crippen MR) is 95.1 cm³/mol. The zero-order valence-corrected chi connectivity index (χ0v) is 14.3. The highest BCUT2D eigenvalue weighted by Crippen LogP contribution is 2.29. The Morgan fingerprint density at radius 3 is 2.71 bits per heavy atom. The maximum Gasteiger partial charge on any atom is 0.416 e. The van der Waals surface area contributed by atoms with Crippen LogP contribution in [0.5, 0.6) is 0 Å². The molecule has 6 nitrogen and oxygen atoms in total. The Morgan fingerprint density at radius 2 is 1.93 bits per heavy atom. The van der Waals surface area contributed by atoms with Gasteiger partial charge in [-0.15, -0.1) is 5.10 Å². The predicted octanol–water partition coefficient (Wildman–Crippen LogP) is 1.98. The topological polar surface area (TPSA) is 76.9 Å². The monoisotopic (exact) mass is 386 g/mol. The minimum Gasteiger partial charge on any atom is -0.344 e. The molecule has 0 unspecified atom stereocenters. The van der Waals surface area contributed by atoms with Crippen molar-refractivity contribution in [2.24, 2.45) is 0 Å². The molecule has 1 amide bonds. The first-order valence-electron chi connectivity index (χ1n) is 8.10. The fraction of sp³-hybridized carbons (Fsp3) is 0.158. The minimum atomic E-state index is -4.44. The minimum absolute atomic E-state index is 0.0924. The van der Waals surface area contributed by atoms with Crippen LogP contribution in [0.1, 0.15) is 11.1 Å². The molecule has 0 atom stereocenters. The Kier molecular flexibility index (Phi) is 5.40. The van der Waals surface area contributed by atoms with E-state index >= 15 is 0 Å². The summed E-state index contributed by atoms with van der Waals surface area (Å²) < 4.78 is 38.9. The van der Waals surface area contributed by atoms with Crippen molar-refractivity contribution in [2.75, 3.05) is 6.54 Å². The van der Waals surface area contributed by atoms with Crippen LogP contribution in [0, 0.1) is 11.8 Å².